The van der Waals surface area contributed by atoms with Gasteiger partial charge in [-0.05, 0) is 25.1 Å². The van der Waals surface area contributed by atoms with Gasteiger partial charge < -0.3 is 24.6 Å². The first-order valence-corrected chi connectivity index (χ1v) is 7.30. The minimum absolute atomic E-state index is 0.0721. The summed E-state index contributed by atoms with van der Waals surface area (Å²) in [5.41, 5.74) is -0.700. The monoisotopic (exact) mass is 337 g/mol. The molecule has 0 heterocycles. The Morgan fingerprint density at radius 1 is 1.33 bits per heavy atom. The van der Waals surface area contributed by atoms with Crippen molar-refractivity contribution in [2.45, 2.75) is 18.9 Å². The molecule has 1 unspecified atom stereocenters. The van der Waals surface area contributed by atoms with Crippen molar-refractivity contribution >= 4 is 11.9 Å². The molecule has 0 saturated heterocycles. The van der Waals surface area contributed by atoms with Crippen molar-refractivity contribution in [3.63, 3.8) is 0 Å². The van der Waals surface area contributed by atoms with Crippen LogP contribution in [0.1, 0.15) is 23.7 Å². The van der Waals surface area contributed by atoms with Gasteiger partial charge in [-0.2, -0.15) is 0 Å². The van der Waals surface area contributed by atoms with Gasteiger partial charge in [0.15, 0.2) is 11.5 Å². The van der Waals surface area contributed by atoms with Gasteiger partial charge in [0.2, 0.25) is 0 Å². The Morgan fingerprint density at radius 2 is 2.04 bits per heavy atom. The lowest BCUT2D eigenvalue weighted by Gasteiger charge is -2.28. The topological polar surface area (TPSA) is 94.1 Å². The van der Waals surface area contributed by atoms with Crippen molar-refractivity contribution in [1.82, 2.24) is 5.32 Å². The molecular weight excluding hydrogens is 314 g/mol. The van der Waals surface area contributed by atoms with Crippen LogP contribution in [-0.2, 0) is 9.53 Å². The van der Waals surface area contributed by atoms with Gasteiger partial charge in [0.1, 0.15) is 6.61 Å². The first-order chi connectivity index (χ1) is 11.3. The van der Waals surface area contributed by atoms with Gasteiger partial charge in [-0.3, -0.25) is 9.59 Å². The smallest absolute Gasteiger partial charge is 0.305 e. The fraction of sp³-hybridized carbons (Fsp3) is 0.412. The third kappa shape index (κ3) is 5.58. The first kappa shape index (κ1) is 19.5. The second-order valence-corrected chi connectivity index (χ2v) is 5.48. The van der Waals surface area contributed by atoms with E-state index in [2.05, 4.69) is 11.9 Å². The number of aliphatic carboxylic acids is 1. The molecule has 1 aromatic rings. The van der Waals surface area contributed by atoms with E-state index in [0.29, 0.717) is 23.7 Å². The summed E-state index contributed by atoms with van der Waals surface area (Å²) in [4.78, 5) is 23.4. The average molecular weight is 337 g/mol. The molecule has 132 valence electrons. The molecule has 0 spiro atoms. The fourth-order valence-electron chi connectivity index (χ4n) is 2.21. The van der Waals surface area contributed by atoms with Crippen molar-refractivity contribution in [3.05, 3.63) is 36.4 Å². The molecule has 0 aliphatic carbocycles. The Bertz CT molecular complexity index is 601. The van der Waals surface area contributed by atoms with Crippen molar-refractivity contribution in [2.24, 2.45) is 0 Å². The third-order valence-electron chi connectivity index (χ3n) is 3.20. The maximum Gasteiger partial charge on any atom is 0.305 e. The predicted molar refractivity (Wildman–Crippen MR) is 88.7 cm³/mol. The second-order valence-electron chi connectivity index (χ2n) is 5.48. The summed E-state index contributed by atoms with van der Waals surface area (Å²) in [6.45, 7) is 5.57. The van der Waals surface area contributed by atoms with Crippen LogP contribution in [0.15, 0.2) is 30.9 Å². The van der Waals surface area contributed by atoms with Crippen molar-refractivity contribution in [3.8, 4) is 11.5 Å². The zero-order chi connectivity index (χ0) is 18.2. The van der Waals surface area contributed by atoms with Crippen molar-refractivity contribution in [1.29, 1.82) is 0 Å². The lowest BCUT2D eigenvalue weighted by atomic mass is 9.98. The zero-order valence-corrected chi connectivity index (χ0v) is 14.1. The highest BCUT2D eigenvalue weighted by atomic mass is 16.5. The molecular formula is C17H23NO6. The summed E-state index contributed by atoms with van der Waals surface area (Å²) in [5.74, 6) is -0.569. The van der Waals surface area contributed by atoms with E-state index in [-0.39, 0.29) is 13.0 Å². The molecule has 0 aromatic heterocycles. The highest BCUT2D eigenvalue weighted by molar-refractivity contribution is 5.95. The molecule has 7 heteroatoms. The van der Waals surface area contributed by atoms with E-state index >= 15 is 0 Å². The number of carboxylic acid groups (broad SMARTS) is 1. The van der Waals surface area contributed by atoms with Crippen LogP contribution < -0.4 is 14.8 Å². The number of benzene rings is 1. The third-order valence-corrected chi connectivity index (χ3v) is 3.20. The Kier molecular flexibility index (Phi) is 7.26. The summed E-state index contributed by atoms with van der Waals surface area (Å²) in [6, 6.07) is 4.72. The molecule has 1 atom stereocenters. The minimum atomic E-state index is -1.03. The molecule has 24 heavy (non-hydrogen) atoms. The van der Waals surface area contributed by atoms with Crippen LogP contribution in [-0.4, -0.2) is 50.0 Å². The molecule has 0 radical (unpaired) electrons. The van der Waals surface area contributed by atoms with Crippen LogP contribution in [0.3, 0.4) is 0 Å². The largest absolute Gasteiger partial charge is 0.493 e. The van der Waals surface area contributed by atoms with Gasteiger partial charge in [-0.1, -0.05) is 12.7 Å². The summed E-state index contributed by atoms with van der Waals surface area (Å²) in [7, 11) is 2.91. The normalized spacial score (nSPS) is 12.8. The van der Waals surface area contributed by atoms with Crippen LogP contribution in [0.2, 0.25) is 0 Å². The number of ether oxygens (including phenoxy) is 3. The molecule has 0 fully saturated rings. The number of hydrogen-bond acceptors (Lipinski definition) is 5. The summed E-state index contributed by atoms with van der Waals surface area (Å²) >= 11 is 0. The van der Waals surface area contributed by atoms with Gasteiger partial charge in [-0.15, -0.1) is 0 Å². The van der Waals surface area contributed by atoms with Crippen LogP contribution in [0.5, 0.6) is 11.5 Å². The first-order valence-electron chi connectivity index (χ1n) is 7.30. The van der Waals surface area contributed by atoms with Gasteiger partial charge in [-0.25, -0.2) is 0 Å². The molecule has 0 bridgehead atoms. The van der Waals surface area contributed by atoms with E-state index < -0.39 is 17.4 Å². The van der Waals surface area contributed by atoms with Gasteiger partial charge in [0.05, 0.1) is 25.7 Å². The molecule has 7 nitrogen and oxygen atoms in total. The lowest BCUT2D eigenvalue weighted by Crippen LogP contribution is -2.50. The number of carbonyl (C=O) groups excluding carboxylic acids is 1. The lowest BCUT2D eigenvalue weighted by molar-refractivity contribution is -0.139. The van der Waals surface area contributed by atoms with E-state index in [1.54, 1.807) is 25.1 Å². The highest BCUT2D eigenvalue weighted by Gasteiger charge is 2.30. The number of carboxylic acids is 1. The Labute approximate surface area is 141 Å². The summed E-state index contributed by atoms with van der Waals surface area (Å²) < 4.78 is 15.7. The zero-order valence-electron chi connectivity index (χ0n) is 14.1. The molecule has 2 N–H and O–H groups in total. The predicted octanol–water partition coefficient (Wildman–Crippen LogP) is 1.87. The average Bonchev–Trinajstić information content (AvgIpc) is 2.51. The molecule has 1 amide bonds. The number of nitrogens with one attached hydrogen (secondary N) is 1. The highest BCUT2D eigenvalue weighted by Crippen LogP contribution is 2.28. The van der Waals surface area contributed by atoms with E-state index in [0.717, 1.165) is 0 Å². The molecule has 0 aliphatic rings. The fourth-order valence-corrected chi connectivity index (χ4v) is 2.21. The van der Waals surface area contributed by atoms with Crippen molar-refractivity contribution < 1.29 is 28.9 Å². The SMILES string of the molecule is C=CCOc1ccc(C(=O)NC(C)(COC)CC(=O)O)cc1OC. The standard InChI is InChI=1S/C17H23NO6/c1-5-8-24-13-7-6-12(9-14(13)23-4)16(21)18-17(2,11-22-3)10-15(19)20/h5-7,9H,1,8,10-11H2,2-4H3,(H,18,21)(H,19,20). The number of methoxy groups -OCH3 is 2. The summed E-state index contributed by atoms with van der Waals surface area (Å²) in [5, 5.41) is 11.7. The molecule has 0 aliphatic heterocycles. The Hall–Kier alpha value is -2.54. The Balaban J connectivity index is 2.96. The van der Waals surface area contributed by atoms with Crippen LogP contribution >= 0.6 is 0 Å². The molecule has 1 rings (SSSR count). The minimum Gasteiger partial charge on any atom is -0.493 e. The number of amides is 1. The van der Waals surface area contributed by atoms with E-state index in [1.165, 1.54) is 20.3 Å². The maximum absolute atomic E-state index is 12.4. The second kappa shape index (κ2) is 8.93. The van der Waals surface area contributed by atoms with E-state index in [1.807, 2.05) is 0 Å². The molecule has 0 saturated carbocycles. The maximum atomic E-state index is 12.4. The van der Waals surface area contributed by atoms with E-state index in [4.69, 9.17) is 19.3 Å². The van der Waals surface area contributed by atoms with Crippen LogP contribution in [0.25, 0.3) is 0 Å². The van der Waals surface area contributed by atoms with Gasteiger partial charge >= 0.3 is 5.97 Å². The number of hydrogen-bond donors (Lipinski definition) is 2. The molecule has 1 aromatic carbocycles. The summed E-state index contributed by atoms with van der Waals surface area (Å²) in [6.07, 6.45) is 1.34. The number of carbonyl (C=O) groups is 2. The van der Waals surface area contributed by atoms with Gasteiger partial charge in [0.25, 0.3) is 5.91 Å². The van der Waals surface area contributed by atoms with Crippen LogP contribution in [0, 0.1) is 0 Å². The quantitative estimate of drug-likeness (QED) is 0.633. The Morgan fingerprint density at radius 3 is 2.58 bits per heavy atom. The van der Waals surface area contributed by atoms with Crippen LogP contribution in [0.4, 0.5) is 0 Å². The number of rotatable bonds is 10. The van der Waals surface area contributed by atoms with E-state index in [9.17, 15) is 9.59 Å². The van der Waals surface area contributed by atoms with Gasteiger partial charge in [0, 0.05) is 12.7 Å². The van der Waals surface area contributed by atoms with Crippen molar-refractivity contribution in [2.75, 3.05) is 27.4 Å².